The maximum Gasteiger partial charge on any atom is 0.0958 e. The van der Waals surface area contributed by atoms with Gasteiger partial charge in [0.15, 0.2) is 0 Å². The van der Waals surface area contributed by atoms with Gasteiger partial charge < -0.3 is 0 Å². The zero-order valence-corrected chi connectivity index (χ0v) is 7.89. The van der Waals surface area contributed by atoms with Crippen molar-refractivity contribution in [3.63, 3.8) is 0 Å². The fourth-order valence-electron chi connectivity index (χ4n) is 2.96. The van der Waals surface area contributed by atoms with Gasteiger partial charge in [-0.05, 0) is 31.1 Å². The van der Waals surface area contributed by atoms with Gasteiger partial charge >= 0.3 is 0 Å². The molecule has 2 bridgehead atoms. The molecule has 3 unspecified atom stereocenters. The summed E-state index contributed by atoms with van der Waals surface area (Å²) in [7, 11) is 0. The Morgan fingerprint density at radius 3 is 2.92 bits per heavy atom. The Bertz CT molecular complexity index is 267. The third-order valence-electron chi connectivity index (χ3n) is 3.51. The number of hydrogen-bond acceptors (Lipinski definition) is 2. The van der Waals surface area contributed by atoms with Crippen LogP contribution in [0.4, 0.5) is 0 Å². The molecule has 2 heteroatoms. The normalized spacial score (nSPS) is 39.2. The molecule has 1 heterocycles. The lowest BCUT2D eigenvalue weighted by Gasteiger charge is -2.18. The number of fused-ring (bicyclic) bond motifs is 2. The van der Waals surface area contributed by atoms with Crippen molar-refractivity contribution in [3.8, 4) is 0 Å². The van der Waals surface area contributed by atoms with Gasteiger partial charge in [-0.3, -0.25) is 0 Å². The summed E-state index contributed by atoms with van der Waals surface area (Å²) in [4.78, 5) is 4.44. The fourth-order valence-corrected chi connectivity index (χ4v) is 3.81. The first-order valence-electron chi connectivity index (χ1n) is 4.83. The van der Waals surface area contributed by atoms with Crippen LogP contribution in [-0.4, -0.2) is 4.98 Å². The van der Waals surface area contributed by atoms with Crippen molar-refractivity contribution in [2.75, 3.05) is 0 Å². The van der Waals surface area contributed by atoms with E-state index in [9.17, 15) is 0 Å². The first-order chi connectivity index (χ1) is 5.93. The molecule has 2 aliphatic rings. The highest BCUT2D eigenvalue weighted by Crippen LogP contribution is 2.53. The van der Waals surface area contributed by atoms with Gasteiger partial charge in [0.05, 0.1) is 5.01 Å². The summed E-state index contributed by atoms with van der Waals surface area (Å²) in [6, 6.07) is 0. The van der Waals surface area contributed by atoms with Crippen molar-refractivity contribution in [2.45, 2.75) is 31.6 Å². The van der Waals surface area contributed by atoms with Gasteiger partial charge in [0.2, 0.25) is 0 Å². The SMILES string of the molecule is c1csc(C2CC3CCC2C3)n1. The predicted molar refractivity (Wildman–Crippen MR) is 50.3 cm³/mol. The Balaban J connectivity index is 1.87. The summed E-state index contributed by atoms with van der Waals surface area (Å²) >= 11 is 1.85. The number of rotatable bonds is 1. The topological polar surface area (TPSA) is 12.9 Å². The second kappa shape index (κ2) is 2.56. The van der Waals surface area contributed by atoms with E-state index in [0.717, 1.165) is 17.8 Å². The Kier molecular flexibility index (Phi) is 1.51. The van der Waals surface area contributed by atoms with Crippen LogP contribution in [0.1, 0.15) is 36.6 Å². The summed E-state index contributed by atoms with van der Waals surface area (Å²) in [5.41, 5.74) is 0. The van der Waals surface area contributed by atoms with E-state index in [4.69, 9.17) is 0 Å². The molecule has 0 aliphatic heterocycles. The van der Waals surface area contributed by atoms with Crippen LogP contribution in [0.3, 0.4) is 0 Å². The molecule has 1 aromatic heterocycles. The van der Waals surface area contributed by atoms with Crippen molar-refractivity contribution in [1.82, 2.24) is 4.98 Å². The van der Waals surface area contributed by atoms with Gasteiger partial charge in [-0.2, -0.15) is 0 Å². The molecule has 0 saturated heterocycles. The van der Waals surface area contributed by atoms with Crippen molar-refractivity contribution in [1.29, 1.82) is 0 Å². The molecule has 0 spiro atoms. The maximum atomic E-state index is 4.44. The molecule has 12 heavy (non-hydrogen) atoms. The minimum Gasteiger partial charge on any atom is -0.249 e. The Morgan fingerprint density at radius 2 is 2.33 bits per heavy atom. The van der Waals surface area contributed by atoms with E-state index in [1.165, 1.54) is 30.7 Å². The molecule has 0 aromatic carbocycles. The molecule has 2 aliphatic carbocycles. The van der Waals surface area contributed by atoms with Gasteiger partial charge in [0.1, 0.15) is 0 Å². The van der Waals surface area contributed by atoms with Gasteiger partial charge in [0.25, 0.3) is 0 Å². The molecule has 0 N–H and O–H groups in total. The lowest BCUT2D eigenvalue weighted by Crippen LogP contribution is -2.07. The summed E-state index contributed by atoms with van der Waals surface area (Å²) in [5.74, 6) is 2.87. The lowest BCUT2D eigenvalue weighted by molar-refractivity contribution is 0.419. The lowest BCUT2D eigenvalue weighted by atomic mass is 9.89. The van der Waals surface area contributed by atoms with Gasteiger partial charge in [0, 0.05) is 17.5 Å². The molecule has 0 radical (unpaired) electrons. The van der Waals surface area contributed by atoms with Crippen LogP contribution in [0.5, 0.6) is 0 Å². The highest BCUT2D eigenvalue weighted by Gasteiger charge is 2.41. The van der Waals surface area contributed by atoms with E-state index < -0.39 is 0 Å². The molecule has 3 rings (SSSR count). The van der Waals surface area contributed by atoms with E-state index in [1.54, 1.807) is 0 Å². The largest absolute Gasteiger partial charge is 0.249 e. The third kappa shape index (κ3) is 0.939. The first kappa shape index (κ1) is 7.07. The molecule has 64 valence electrons. The Hall–Kier alpha value is -0.370. The van der Waals surface area contributed by atoms with E-state index in [0.29, 0.717) is 0 Å². The number of hydrogen-bond donors (Lipinski definition) is 0. The molecule has 2 saturated carbocycles. The van der Waals surface area contributed by atoms with Crippen LogP contribution >= 0.6 is 11.3 Å². The van der Waals surface area contributed by atoms with Gasteiger partial charge in [-0.15, -0.1) is 11.3 Å². The van der Waals surface area contributed by atoms with Crippen LogP contribution in [0, 0.1) is 11.8 Å². The molecule has 0 amide bonds. The molecular weight excluding hydrogens is 166 g/mol. The van der Waals surface area contributed by atoms with Crippen LogP contribution in [-0.2, 0) is 0 Å². The zero-order chi connectivity index (χ0) is 7.97. The summed E-state index contributed by atoms with van der Waals surface area (Å²) < 4.78 is 0. The van der Waals surface area contributed by atoms with E-state index in [1.807, 2.05) is 17.5 Å². The Morgan fingerprint density at radius 1 is 1.33 bits per heavy atom. The van der Waals surface area contributed by atoms with Crippen LogP contribution in [0.15, 0.2) is 11.6 Å². The number of thiazole rings is 1. The standard InChI is InChI=1S/C10H13NS/c1-2-8-5-7(1)6-9(8)10-11-3-4-12-10/h3-4,7-9H,1-2,5-6H2. The van der Waals surface area contributed by atoms with E-state index in [-0.39, 0.29) is 0 Å². The second-order valence-corrected chi connectivity index (χ2v) is 5.08. The predicted octanol–water partition coefficient (Wildman–Crippen LogP) is 3.05. The summed E-state index contributed by atoms with van der Waals surface area (Å²) in [6.45, 7) is 0. The quantitative estimate of drug-likeness (QED) is 0.645. The fraction of sp³-hybridized carbons (Fsp3) is 0.700. The third-order valence-corrected chi connectivity index (χ3v) is 4.41. The molecule has 1 aromatic rings. The second-order valence-electron chi connectivity index (χ2n) is 4.15. The zero-order valence-electron chi connectivity index (χ0n) is 7.07. The number of nitrogens with zero attached hydrogens (tertiary/aromatic N) is 1. The monoisotopic (exact) mass is 179 g/mol. The minimum absolute atomic E-state index is 0.837. The Labute approximate surface area is 76.8 Å². The molecule has 3 atom stereocenters. The summed E-state index contributed by atoms with van der Waals surface area (Å²) in [5, 5.41) is 3.52. The highest BCUT2D eigenvalue weighted by atomic mass is 32.1. The molecular formula is C10H13NS. The summed E-state index contributed by atoms with van der Waals surface area (Å²) in [6.07, 6.45) is 7.83. The highest BCUT2D eigenvalue weighted by molar-refractivity contribution is 7.09. The maximum absolute atomic E-state index is 4.44. The van der Waals surface area contributed by atoms with Crippen LogP contribution in [0.2, 0.25) is 0 Å². The smallest absolute Gasteiger partial charge is 0.0958 e. The van der Waals surface area contributed by atoms with Crippen LogP contribution < -0.4 is 0 Å². The van der Waals surface area contributed by atoms with E-state index >= 15 is 0 Å². The molecule has 1 nitrogen and oxygen atoms in total. The van der Waals surface area contributed by atoms with Crippen LogP contribution in [0.25, 0.3) is 0 Å². The number of aromatic nitrogens is 1. The van der Waals surface area contributed by atoms with E-state index in [2.05, 4.69) is 10.4 Å². The molecule has 2 fully saturated rings. The van der Waals surface area contributed by atoms with Crippen molar-refractivity contribution in [2.24, 2.45) is 11.8 Å². The minimum atomic E-state index is 0.837. The van der Waals surface area contributed by atoms with Gasteiger partial charge in [-0.25, -0.2) is 4.98 Å². The van der Waals surface area contributed by atoms with Crippen molar-refractivity contribution < 1.29 is 0 Å². The van der Waals surface area contributed by atoms with Crippen molar-refractivity contribution >= 4 is 11.3 Å². The van der Waals surface area contributed by atoms with Crippen molar-refractivity contribution in [3.05, 3.63) is 16.6 Å². The average molecular weight is 179 g/mol. The average Bonchev–Trinajstić information content (AvgIpc) is 2.81. The van der Waals surface area contributed by atoms with Gasteiger partial charge in [-0.1, -0.05) is 6.42 Å². The first-order valence-corrected chi connectivity index (χ1v) is 5.71.